The number of rotatable bonds is 6. The normalized spacial score (nSPS) is 25.1. The molecule has 0 saturated heterocycles. The number of hydrogen-bond acceptors (Lipinski definition) is 3. The number of likely N-dealkylation sites (N-methyl/N-ethyl adjacent to an activating group) is 1. The van der Waals surface area contributed by atoms with Crippen LogP contribution in [0.25, 0.3) is 0 Å². The van der Waals surface area contributed by atoms with Gasteiger partial charge in [0.05, 0.1) is 6.54 Å². The van der Waals surface area contributed by atoms with Crippen LogP contribution in [0.3, 0.4) is 0 Å². The van der Waals surface area contributed by atoms with E-state index in [2.05, 4.69) is 10.6 Å². The lowest BCUT2D eigenvalue weighted by atomic mass is 9.83. The van der Waals surface area contributed by atoms with Gasteiger partial charge in [-0.05, 0) is 45.1 Å². The molecule has 0 aromatic carbocycles. The number of hydrogen-bond donors (Lipinski definition) is 2. The third kappa shape index (κ3) is 4.75. The molecule has 4 nitrogen and oxygen atoms in total. The zero-order valence-electron chi connectivity index (χ0n) is 10.00. The molecule has 0 bridgehead atoms. The molecule has 2 N–H and O–H groups in total. The fraction of sp³-hybridized carbons (Fsp3) is 0.833. The second-order valence-electron chi connectivity index (χ2n) is 4.56. The van der Waals surface area contributed by atoms with Gasteiger partial charge in [-0.3, -0.25) is 4.79 Å². The van der Waals surface area contributed by atoms with Crippen molar-refractivity contribution in [2.24, 2.45) is 5.92 Å². The summed E-state index contributed by atoms with van der Waals surface area (Å²) < 4.78 is 0. The van der Waals surface area contributed by atoms with Crippen molar-refractivity contribution in [3.63, 3.8) is 0 Å². The van der Waals surface area contributed by atoms with Crippen LogP contribution in [0.2, 0.25) is 0 Å². The van der Waals surface area contributed by atoms with Crippen molar-refractivity contribution in [2.45, 2.75) is 44.6 Å². The fourth-order valence-corrected chi connectivity index (χ4v) is 2.34. The second kappa shape index (κ2) is 7.39. The third-order valence-corrected chi connectivity index (χ3v) is 3.24. The Balaban J connectivity index is 2.16. The Bertz CT molecular complexity index is 223. The third-order valence-electron chi connectivity index (χ3n) is 3.24. The van der Waals surface area contributed by atoms with Gasteiger partial charge in [-0.15, -0.1) is 0 Å². The van der Waals surface area contributed by atoms with Gasteiger partial charge in [-0.2, -0.15) is 0 Å². The van der Waals surface area contributed by atoms with E-state index in [9.17, 15) is 9.59 Å². The standard InChI is InChI=1S/C12H22N2O2/c1-13-9-12(16)14-11-6-4-10(5-7-11)3-2-8-15/h8,10-11,13H,2-7,9H2,1H3,(H,14,16). The molecule has 0 radical (unpaired) electrons. The fourth-order valence-electron chi connectivity index (χ4n) is 2.34. The summed E-state index contributed by atoms with van der Waals surface area (Å²) in [5.74, 6) is 0.765. The number of carbonyl (C=O) groups excluding carboxylic acids is 2. The maximum atomic E-state index is 11.3. The molecule has 16 heavy (non-hydrogen) atoms. The van der Waals surface area contributed by atoms with E-state index < -0.39 is 0 Å². The zero-order chi connectivity index (χ0) is 11.8. The molecule has 1 aliphatic carbocycles. The summed E-state index contributed by atoms with van der Waals surface area (Å²) >= 11 is 0. The number of aldehydes is 1. The van der Waals surface area contributed by atoms with E-state index in [-0.39, 0.29) is 5.91 Å². The molecule has 1 saturated carbocycles. The van der Waals surface area contributed by atoms with Gasteiger partial charge < -0.3 is 15.4 Å². The maximum Gasteiger partial charge on any atom is 0.234 e. The highest BCUT2D eigenvalue weighted by atomic mass is 16.2. The van der Waals surface area contributed by atoms with Gasteiger partial charge in [0.1, 0.15) is 6.29 Å². The molecule has 0 unspecified atom stereocenters. The molecule has 4 heteroatoms. The Morgan fingerprint density at radius 2 is 2.00 bits per heavy atom. The molecule has 1 rings (SSSR count). The van der Waals surface area contributed by atoms with Crippen LogP contribution in [0.4, 0.5) is 0 Å². The van der Waals surface area contributed by atoms with Gasteiger partial charge in [0.15, 0.2) is 0 Å². The van der Waals surface area contributed by atoms with Crippen molar-refractivity contribution >= 4 is 12.2 Å². The van der Waals surface area contributed by atoms with Crippen LogP contribution in [0.15, 0.2) is 0 Å². The van der Waals surface area contributed by atoms with E-state index in [1.807, 2.05) is 0 Å². The van der Waals surface area contributed by atoms with Crippen LogP contribution in [0.5, 0.6) is 0 Å². The van der Waals surface area contributed by atoms with E-state index in [4.69, 9.17) is 0 Å². The van der Waals surface area contributed by atoms with Crippen molar-refractivity contribution in [1.82, 2.24) is 10.6 Å². The highest BCUT2D eigenvalue weighted by Gasteiger charge is 2.21. The topological polar surface area (TPSA) is 58.2 Å². The Morgan fingerprint density at radius 1 is 1.31 bits per heavy atom. The van der Waals surface area contributed by atoms with E-state index in [0.29, 0.717) is 24.9 Å². The van der Waals surface area contributed by atoms with E-state index >= 15 is 0 Å². The molecule has 92 valence electrons. The lowest BCUT2D eigenvalue weighted by Crippen LogP contribution is -2.41. The minimum absolute atomic E-state index is 0.0823. The number of amides is 1. The Kier molecular flexibility index (Phi) is 6.08. The molecular formula is C12H22N2O2. The highest BCUT2D eigenvalue weighted by Crippen LogP contribution is 2.27. The summed E-state index contributed by atoms with van der Waals surface area (Å²) in [6, 6.07) is 0.341. The monoisotopic (exact) mass is 226 g/mol. The lowest BCUT2D eigenvalue weighted by Gasteiger charge is -2.28. The van der Waals surface area contributed by atoms with Crippen molar-refractivity contribution in [3.05, 3.63) is 0 Å². The summed E-state index contributed by atoms with van der Waals surface area (Å²) in [6.07, 6.45) is 7.08. The molecule has 0 aromatic heterocycles. The molecule has 0 spiro atoms. The van der Waals surface area contributed by atoms with Gasteiger partial charge in [0.2, 0.25) is 5.91 Å². The average Bonchev–Trinajstić information content (AvgIpc) is 2.28. The Labute approximate surface area is 97.2 Å². The molecule has 1 amide bonds. The predicted octanol–water partition coefficient (Wildman–Crippen LogP) is 0.860. The SMILES string of the molecule is CNCC(=O)NC1CCC(CCC=O)CC1. The molecule has 1 fully saturated rings. The Morgan fingerprint density at radius 3 is 2.56 bits per heavy atom. The van der Waals surface area contributed by atoms with E-state index in [0.717, 1.165) is 38.4 Å². The summed E-state index contributed by atoms with van der Waals surface area (Å²) in [7, 11) is 1.77. The van der Waals surface area contributed by atoms with Crippen molar-refractivity contribution in [2.75, 3.05) is 13.6 Å². The largest absolute Gasteiger partial charge is 0.352 e. The molecule has 0 atom stereocenters. The van der Waals surface area contributed by atoms with Crippen LogP contribution in [0, 0.1) is 5.92 Å². The van der Waals surface area contributed by atoms with Gasteiger partial charge in [0, 0.05) is 12.5 Å². The van der Waals surface area contributed by atoms with Crippen LogP contribution in [-0.2, 0) is 9.59 Å². The summed E-state index contributed by atoms with van der Waals surface area (Å²) in [4.78, 5) is 21.6. The number of nitrogens with one attached hydrogen (secondary N) is 2. The zero-order valence-corrected chi connectivity index (χ0v) is 10.00. The second-order valence-corrected chi connectivity index (χ2v) is 4.56. The molecule has 0 aliphatic heterocycles. The van der Waals surface area contributed by atoms with Crippen molar-refractivity contribution in [3.8, 4) is 0 Å². The first kappa shape index (κ1) is 13.2. The Hall–Kier alpha value is -0.900. The van der Waals surface area contributed by atoms with E-state index in [1.54, 1.807) is 7.05 Å². The maximum absolute atomic E-state index is 11.3. The summed E-state index contributed by atoms with van der Waals surface area (Å²) in [5, 5.41) is 5.87. The average molecular weight is 226 g/mol. The first-order chi connectivity index (χ1) is 7.76. The van der Waals surface area contributed by atoms with Gasteiger partial charge in [0.25, 0.3) is 0 Å². The minimum Gasteiger partial charge on any atom is -0.352 e. The highest BCUT2D eigenvalue weighted by molar-refractivity contribution is 5.78. The van der Waals surface area contributed by atoms with Crippen molar-refractivity contribution in [1.29, 1.82) is 0 Å². The van der Waals surface area contributed by atoms with Gasteiger partial charge in [-0.1, -0.05) is 0 Å². The first-order valence-electron chi connectivity index (χ1n) is 6.14. The van der Waals surface area contributed by atoms with Crippen molar-refractivity contribution < 1.29 is 9.59 Å². The first-order valence-corrected chi connectivity index (χ1v) is 6.14. The predicted molar refractivity (Wildman–Crippen MR) is 63.1 cm³/mol. The summed E-state index contributed by atoms with van der Waals surface area (Å²) in [6.45, 7) is 0.394. The van der Waals surface area contributed by atoms with Crippen LogP contribution < -0.4 is 10.6 Å². The lowest BCUT2D eigenvalue weighted by molar-refractivity contribution is -0.121. The smallest absolute Gasteiger partial charge is 0.234 e. The molecule has 1 aliphatic rings. The molecular weight excluding hydrogens is 204 g/mol. The quantitative estimate of drug-likeness (QED) is 0.660. The summed E-state index contributed by atoms with van der Waals surface area (Å²) in [5.41, 5.74) is 0. The van der Waals surface area contributed by atoms with Crippen LogP contribution in [-0.4, -0.2) is 31.8 Å². The van der Waals surface area contributed by atoms with Crippen LogP contribution in [0.1, 0.15) is 38.5 Å². The molecule has 0 heterocycles. The van der Waals surface area contributed by atoms with Gasteiger partial charge in [-0.25, -0.2) is 0 Å². The van der Waals surface area contributed by atoms with Gasteiger partial charge >= 0.3 is 0 Å². The van der Waals surface area contributed by atoms with E-state index in [1.165, 1.54) is 0 Å². The minimum atomic E-state index is 0.0823. The molecule has 0 aromatic rings. The number of carbonyl (C=O) groups is 2. The van der Waals surface area contributed by atoms with Crippen LogP contribution >= 0.6 is 0 Å².